The van der Waals surface area contributed by atoms with Gasteiger partial charge in [0, 0.05) is 43.9 Å². The third-order valence-corrected chi connectivity index (χ3v) is 5.92. The Balaban J connectivity index is 1.45. The van der Waals surface area contributed by atoms with E-state index in [0.29, 0.717) is 24.1 Å². The molecule has 0 aromatic carbocycles. The average Bonchev–Trinajstić information content (AvgIpc) is 2.88. The fourth-order valence-corrected chi connectivity index (χ4v) is 4.61. The molecule has 0 radical (unpaired) electrons. The molecule has 120 valence electrons. The maximum atomic E-state index is 12.1. The van der Waals surface area contributed by atoms with Crippen molar-refractivity contribution in [3.63, 3.8) is 0 Å². The highest BCUT2D eigenvalue weighted by molar-refractivity contribution is 8.01. The van der Waals surface area contributed by atoms with Crippen molar-refractivity contribution in [3.8, 4) is 5.88 Å². The minimum Gasteiger partial charge on any atom is -0.473 e. The Kier molecular flexibility index (Phi) is 4.62. The zero-order valence-electron chi connectivity index (χ0n) is 13.3. The van der Waals surface area contributed by atoms with E-state index in [1.807, 2.05) is 34.9 Å². The summed E-state index contributed by atoms with van der Waals surface area (Å²) in [6.07, 6.45) is 4.66. The molecule has 3 heterocycles. The topological polar surface area (TPSA) is 42.4 Å². The van der Waals surface area contributed by atoms with Gasteiger partial charge in [-0.1, -0.05) is 19.9 Å². The van der Waals surface area contributed by atoms with E-state index in [9.17, 15) is 4.79 Å². The van der Waals surface area contributed by atoms with Crippen LogP contribution < -0.4 is 4.74 Å². The van der Waals surface area contributed by atoms with Crippen LogP contribution in [0, 0.1) is 5.92 Å². The smallest absolute Gasteiger partial charge is 0.222 e. The Hall–Kier alpha value is -1.23. The lowest BCUT2D eigenvalue weighted by atomic mass is 9.92. The normalized spacial score (nSPS) is 22.9. The molecule has 2 aliphatic rings. The van der Waals surface area contributed by atoms with Gasteiger partial charge in [0.1, 0.15) is 6.10 Å². The van der Waals surface area contributed by atoms with E-state index in [-0.39, 0.29) is 10.9 Å². The maximum Gasteiger partial charge on any atom is 0.222 e. The number of carbonyl (C=O) groups excluding carboxylic acids is 1. The Morgan fingerprint density at radius 1 is 1.50 bits per heavy atom. The minimum atomic E-state index is 0.216. The average molecular weight is 320 g/mol. The molecule has 0 N–H and O–H groups in total. The molecule has 4 nitrogen and oxygen atoms in total. The van der Waals surface area contributed by atoms with Crippen molar-refractivity contribution in [3.05, 3.63) is 24.4 Å². The number of ether oxygens (including phenoxy) is 1. The number of aromatic nitrogens is 1. The van der Waals surface area contributed by atoms with Crippen molar-refractivity contribution < 1.29 is 9.53 Å². The molecule has 0 aliphatic carbocycles. The molecule has 1 aromatic heterocycles. The van der Waals surface area contributed by atoms with Crippen LogP contribution in [0.5, 0.6) is 5.88 Å². The number of thioether (sulfide) groups is 1. The number of hydrogen-bond donors (Lipinski definition) is 0. The first-order valence-corrected chi connectivity index (χ1v) is 9.04. The van der Waals surface area contributed by atoms with Crippen LogP contribution in [-0.4, -0.2) is 45.5 Å². The van der Waals surface area contributed by atoms with Gasteiger partial charge in [0.25, 0.3) is 0 Å². The zero-order valence-corrected chi connectivity index (χ0v) is 14.1. The Morgan fingerprint density at radius 3 is 3.00 bits per heavy atom. The number of rotatable bonds is 5. The van der Waals surface area contributed by atoms with Gasteiger partial charge >= 0.3 is 0 Å². The van der Waals surface area contributed by atoms with E-state index >= 15 is 0 Å². The summed E-state index contributed by atoms with van der Waals surface area (Å²) in [5.74, 6) is 2.60. The lowest BCUT2D eigenvalue weighted by molar-refractivity contribution is -0.136. The van der Waals surface area contributed by atoms with Crippen LogP contribution in [0.4, 0.5) is 0 Å². The summed E-state index contributed by atoms with van der Waals surface area (Å²) < 4.78 is 6.17. The van der Waals surface area contributed by atoms with Crippen LogP contribution in [0.25, 0.3) is 0 Å². The van der Waals surface area contributed by atoms with Crippen LogP contribution >= 0.6 is 11.8 Å². The summed E-state index contributed by atoms with van der Waals surface area (Å²) >= 11 is 1.96. The Bertz CT molecular complexity index is 515. The molecule has 0 saturated carbocycles. The van der Waals surface area contributed by atoms with Crippen molar-refractivity contribution in [1.82, 2.24) is 9.88 Å². The molecule has 1 spiro atoms. The molecular weight excluding hydrogens is 296 g/mol. The maximum absolute atomic E-state index is 12.1. The SMILES string of the molecule is CC(C)CCC(=O)N1CC2(C[C@H](Oc3ccccn3)CS2)C1. The molecule has 2 fully saturated rings. The summed E-state index contributed by atoms with van der Waals surface area (Å²) in [6, 6.07) is 5.74. The Labute approximate surface area is 136 Å². The van der Waals surface area contributed by atoms with E-state index in [0.717, 1.165) is 31.7 Å². The van der Waals surface area contributed by atoms with Gasteiger partial charge in [-0.2, -0.15) is 0 Å². The van der Waals surface area contributed by atoms with Crippen LogP contribution in [0.2, 0.25) is 0 Å². The van der Waals surface area contributed by atoms with E-state index < -0.39 is 0 Å². The van der Waals surface area contributed by atoms with Crippen molar-refractivity contribution in [2.45, 2.75) is 44.0 Å². The van der Waals surface area contributed by atoms with E-state index in [1.165, 1.54) is 0 Å². The second-order valence-electron chi connectivity index (χ2n) is 6.79. The molecule has 5 heteroatoms. The van der Waals surface area contributed by atoms with Crippen molar-refractivity contribution in [2.24, 2.45) is 5.92 Å². The van der Waals surface area contributed by atoms with Gasteiger partial charge in [-0.25, -0.2) is 4.98 Å². The summed E-state index contributed by atoms with van der Waals surface area (Å²) in [7, 11) is 0. The van der Waals surface area contributed by atoms with E-state index in [2.05, 4.69) is 18.8 Å². The number of carbonyl (C=O) groups is 1. The largest absolute Gasteiger partial charge is 0.473 e. The highest BCUT2D eigenvalue weighted by atomic mass is 32.2. The number of likely N-dealkylation sites (tertiary alicyclic amines) is 1. The van der Waals surface area contributed by atoms with Gasteiger partial charge < -0.3 is 9.64 Å². The summed E-state index contributed by atoms with van der Waals surface area (Å²) in [6.45, 7) is 6.10. The first-order chi connectivity index (χ1) is 10.6. The number of pyridine rings is 1. The fourth-order valence-electron chi connectivity index (χ4n) is 3.08. The third-order valence-electron chi connectivity index (χ3n) is 4.35. The third kappa shape index (κ3) is 3.57. The highest BCUT2D eigenvalue weighted by Crippen LogP contribution is 2.46. The highest BCUT2D eigenvalue weighted by Gasteiger charge is 2.51. The quantitative estimate of drug-likeness (QED) is 0.836. The monoisotopic (exact) mass is 320 g/mol. The number of amides is 1. The summed E-state index contributed by atoms with van der Waals surface area (Å²) in [5, 5.41) is 0. The van der Waals surface area contributed by atoms with Crippen LogP contribution in [0.1, 0.15) is 33.1 Å². The van der Waals surface area contributed by atoms with E-state index in [4.69, 9.17) is 4.74 Å². The van der Waals surface area contributed by atoms with Crippen molar-refractivity contribution >= 4 is 17.7 Å². The second kappa shape index (κ2) is 6.49. The molecular formula is C17H24N2O2S. The molecule has 0 unspecified atom stereocenters. The minimum absolute atomic E-state index is 0.216. The van der Waals surface area contributed by atoms with Crippen molar-refractivity contribution in [1.29, 1.82) is 0 Å². The summed E-state index contributed by atoms with van der Waals surface area (Å²) in [5.41, 5.74) is 0. The number of nitrogens with zero attached hydrogens (tertiary/aromatic N) is 2. The van der Waals surface area contributed by atoms with Gasteiger partial charge in [-0.3, -0.25) is 4.79 Å². The van der Waals surface area contributed by atoms with Crippen molar-refractivity contribution in [2.75, 3.05) is 18.8 Å². The second-order valence-corrected chi connectivity index (χ2v) is 8.28. The molecule has 2 saturated heterocycles. The fraction of sp³-hybridized carbons (Fsp3) is 0.647. The van der Waals surface area contributed by atoms with Gasteiger partial charge in [0.05, 0.1) is 4.75 Å². The standard InChI is InChI=1S/C17H24N2O2S/c1-13(2)6-7-16(20)19-11-17(12-19)9-14(10-22-17)21-15-5-3-4-8-18-15/h3-5,8,13-14H,6-7,9-12H2,1-2H3/t14-/m0/s1. The molecule has 1 atom stereocenters. The van der Waals surface area contributed by atoms with Gasteiger partial charge in [-0.05, 0) is 18.4 Å². The predicted molar refractivity (Wildman–Crippen MR) is 89.1 cm³/mol. The molecule has 1 aromatic rings. The van der Waals surface area contributed by atoms with Gasteiger partial charge in [-0.15, -0.1) is 11.8 Å². The molecule has 22 heavy (non-hydrogen) atoms. The number of hydrogen-bond acceptors (Lipinski definition) is 4. The lowest BCUT2D eigenvalue weighted by Gasteiger charge is -2.47. The molecule has 0 bridgehead atoms. The lowest BCUT2D eigenvalue weighted by Crippen LogP contribution is -2.60. The first kappa shape index (κ1) is 15.7. The van der Waals surface area contributed by atoms with Crippen LogP contribution in [-0.2, 0) is 4.79 Å². The predicted octanol–water partition coefficient (Wildman–Crippen LogP) is 2.98. The molecule has 3 rings (SSSR count). The Morgan fingerprint density at radius 2 is 2.32 bits per heavy atom. The van der Waals surface area contributed by atoms with Gasteiger partial charge in [0.15, 0.2) is 0 Å². The van der Waals surface area contributed by atoms with Crippen LogP contribution in [0.15, 0.2) is 24.4 Å². The molecule has 2 aliphatic heterocycles. The van der Waals surface area contributed by atoms with Gasteiger partial charge in [0.2, 0.25) is 11.8 Å². The first-order valence-electron chi connectivity index (χ1n) is 8.06. The zero-order chi connectivity index (χ0) is 15.6. The van der Waals surface area contributed by atoms with E-state index in [1.54, 1.807) is 6.20 Å². The molecule has 1 amide bonds. The summed E-state index contributed by atoms with van der Waals surface area (Å²) in [4.78, 5) is 18.4. The van der Waals surface area contributed by atoms with Crippen LogP contribution in [0.3, 0.4) is 0 Å².